The number of benzene rings is 3. The number of nitrogens with two attached hydrogens (primary N) is 1. The van der Waals surface area contributed by atoms with E-state index in [0.717, 1.165) is 39.6 Å². The zero-order valence-corrected chi connectivity index (χ0v) is 15.7. The first-order valence-electron chi connectivity index (χ1n) is 9.34. The lowest BCUT2D eigenvalue weighted by Gasteiger charge is -2.16. The lowest BCUT2D eigenvalue weighted by Crippen LogP contribution is -2.26. The number of anilines is 2. The Bertz CT molecular complexity index is 1130. The molecule has 0 radical (unpaired) electrons. The van der Waals surface area contributed by atoms with Crippen molar-refractivity contribution < 1.29 is 9.90 Å². The van der Waals surface area contributed by atoms with Crippen LogP contribution in [0.3, 0.4) is 0 Å². The Balaban J connectivity index is 1.62. The number of amides is 1. The first-order chi connectivity index (χ1) is 13.6. The zero-order valence-electron chi connectivity index (χ0n) is 15.7. The lowest BCUT2D eigenvalue weighted by molar-refractivity contribution is -0.114. The van der Waals surface area contributed by atoms with Gasteiger partial charge in [0.25, 0.3) is 5.91 Å². The molecule has 0 aliphatic carbocycles. The number of fused-ring (bicyclic) bond motifs is 3. The van der Waals surface area contributed by atoms with Gasteiger partial charge in [0.05, 0.1) is 5.69 Å². The molecular formula is C24H22N2O2. The van der Waals surface area contributed by atoms with Crippen LogP contribution in [-0.2, 0) is 11.2 Å². The highest BCUT2D eigenvalue weighted by molar-refractivity contribution is 6.08. The molecule has 4 heteroatoms. The summed E-state index contributed by atoms with van der Waals surface area (Å²) in [5.41, 5.74) is 10.5. The van der Waals surface area contributed by atoms with Gasteiger partial charge in [-0.3, -0.25) is 4.79 Å². The molecule has 4 rings (SSSR count). The zero-order chi connectivity index (χ0) is 19.7. The fourth-order valence-corrected chi connectivity index (χ4v) is 3.77. The molecule has 0 unspecified atom stereocenters. The molecule has 1 aliphatic heterocycles. The van der Waals surface area contributed by atoms with Gasteiger partial charge in [-0.05, 0) is 47.6 Å². The molecule has 1 amide bonds. The molecule has 140 valence electrons. The van der Waals surface area contributed by atoms with E-state index in [-0.39, 0.29) is 11.7 Å². The molecule has 0 bridgehead atoms. The van der Waals surface area contributed by atoms with Gasteiger partial charge in [0.1, 0.15) is 5.75 Å². The molecule has 0 atom stereocenters. The van der Waals surface area contributed by atoms with E-state index >= 15 is 0 Å². The summed E-state index contributed by atoms with van der Waals surface area (Å²) in [4.78, 5) is 14.5. The normalized spacial score (nSPS) is 13.7. The van der Waals surface area contributed by atoms with E-state index in [0.29, 0.717) is 12.2 Å². The molecule has 0 fully saturated rings. The molecule has 0 spiro atoms. The quantitative estimate of drug-likeness (QED) is 0.516. The van der Waals surface area contributed by atoms with E-state index in [1.165, 1.54) is 0 Å². The third kappa shape index (κ3) is 3.14. The van der Waals surface area contributed by atoms with Gasteiger partial charge in [-0.25, -0.2) is 0 Å². The smallest absolute Gasteiger partial charge is 0.251 e. The molecule has 3 N–H and O–H groups in total. The van der Waals surface area contributed by atoms with Crippen LogP contribution in [0.2, 0.25) is 0 Å². The van der Waals surface area contributed by atoms with Crippen molar-refractivity contribution in [2.24, 2.45) is 0 Å². The van der Waals surface area contributed by atoms with E-state index in [4.69, 9.17) is 5.73 Å². The minimum atomic E-state index is -0.120. The number of allylic oxidation sites excluding steroid dienone is 1. The van der Waals surface area contributed by atoms with E-state index in [9.17, 15) is 9.90 Å². The molecule has 3 aromatic carbocycles. The van der Waals surface area contributed by atoms with Crippen LogP contribution < -0.4 is 10.6 Å². The second-order valence-corrected chi connectivity index (χ2v) is 6.90. The maximum atomic E-state index is 12.8. The van der Waals surface area contributed by atoms with Crippen LogP contribution in [0.4, 0.5) is 11.4 Å². The minimum absolute atomic E-state index is 0.120. The maximum Gasteiger partial charge on any atom is 0.251 e. The van der Waals surface area contributed by atoms with Gasteiger partial charge in [0.2, 0.25) is 0 Å². The van der Waals surface area contributed by atoms with E-state index in [1.54, 1.807) is 23.1 Å². The van der Waals surface area contributed by atoms with Crippen molar-refractivity contribution in [1.82, 2.24) is 0 Å². The summed E-state index contributed by atoms with van der Waals surface area (Å²) in [6, 6.07) is 15.2. The molecule has 1 aliphatic rings. The number of phenols is 1. The molecule has 0 saturated carbocycles. The molecular weight excluding hydrogens is 348 g/mol. The average molecular weight is 370 g/mol. The molecule has 0 saturated heterocycles. The first kappa shape index (κ1) is 17.9. The van der Waals surface area contributed by atoms with Crippen LogP contribution >= 0.6 is 0 Å². The Kier molecular flexibility index (Phi) is 4.62. The fourth-order valence-electron chi connectivity index (χ4n) is 3.77. The lowest BCUT2D eigenvalue weighted by atomic mass is 10.0. The predicted octanol–water partition coefficient (Wildman–Crippen LogP) is 4.76. The minimum Gasteiger partial charge on any atom is -0.507 e. The Hall–Kier alpha value is -3.53. The van der Waals surface area contributed by atoms with Crippen molar-refractivity contribution in [1.29, 1.82) is 0 Å². The highest BCUT2D eigenvalue weighted by Crippen LogP contribution is 2.39. The van der Waals surface area contributed by atoms with Crippen molar-refractivity contribution in [2.75, 3.05) is 17.2 Å². The Morgan fingerprint density at radius 2 is 1.89 bits per heavy atom. The van der Waals surface area contributed by atoms with E-state index in [2.05, 4.69) is 0 Å². The average Bonchev–Trinajstić information content (AvgIpc) is 3.12. The molecule has 0 aromatic heterocycles. The van der Waals surface area contributed by atoms with Crippen molar-refractivity contribution >= 4 is 40.2 Å². The largest absolute Gasteiger partial charge is 0.507 e. The van der Waals surface area contributed by atoms with Gasteiger partial charge in [-0.15, -0.1) is 0 Å². The number of carbonyl (C=O) groups excluding carboxylic acids is 1. The summed E-state index contributed by atoms with van der Waals surface area (Å²) >= 11 is 0. The van der Waals surface area contributed by atoms with Gasteiger partial charge in [0, 0.05) is 29.8 Å². The van der Waals surface area contributed by atoms with Crippen LogP contribution in [0.1, 0.15) is 23.6 Å². The Morgan fingerprint density at radius 3 is 2.64 bits per heavy atom. The third-order valence-electron chi connectivity index (χ3n) is 5.13. The topological polar surface area (TPSA) is 66.6 Å². The Labute approximate surface area is 164 Å². The molecule has 3 aromatic rings. The highest BCUT2D eigenvalue weighted by atomic mass is 16.3. The van der Waals surface area contributed by atoms with Gasteiger partial charge in [-0.2, -0.15) is 0 Å². The summed E-state index contributed by atoms with van der Waals surface area (Å²) in [6.45, 7) is 2.55. The number of hydrogen-bond acceptors (Lipinski definition) is 3. The van der Waals surface area contributed by atoms with E-state index in [1.807, 2.05) is 61.5 Å². The predicted molar refractivity (Wildman–Crippen MR) is 116 cm³/mol. The third-order valence-corrected chi connectivity index (χ3v) is 5.13. The molecule has 4 nitrogen and oxygen atoms in total. The first-order valence-corrected chi connectivity index (χ1v) is 9.34. The second kappa shape index (κ2) is 7.24. The van der Waals surface area contributed by atoms with Crippen LogP contribution in [0.25, 0.3) is 22.9 Å². The van der Waals surface area contributed by atoms with Crippen LogP contribution in [0.5, 0.6) is 5.75 Å². The standard InChI is InChI=1S/C24H22N2O2/c1-2-5-16-8-9-17(21(25)14-16)10-11-24(28)26-13-12-19-18-6-3-4-7-20(18)23(27)15-22(19)26/h2-11,14-15,27H,12-13,25H2,1H3/b5-2+,11-10+. The van der Waals surface area contributed by atoms with Crippen LogP contribution in [0, 0.1) is 0 Å². The van der Waals surface area contributed by atoms with Crippen LogP contribution in [-0.4, -0.2) is 17.6 Å². The van der Waals surface area contributed by atoms with Gasteiger partial charge >= 0.3 is 0 Å². The van der Waals surface area contributed by atoms with Gasteiger partial charge in [-0.1, -0.05) is 48.6 Å². The van der Waals surface area contributed by atoms with Crippen molar-refractivity contribution in [3.63, 3.8) is 0 Å². The van der Waals surface area contributed by atoms with Crippen molar-refractivity contribution in [3.8, 4) is 5.75 Å². The molecule has 28 heavy (non-hydrogen) atoms. The van der Waals surface area contributed by atoms with Crippen molar-refractivity contribution in [3.05, 3.63) is 77.4 Å². The highest BCUT2D eigenvalue weighted by Gasteiger charge is 2.26. The second-order valence-electron chi connectivity index (χ2n) is 6.90. The van der Waals surface area contributed by atoms with Gasteiger partial charge in [0.15, 0.2) is 0 Å². The van der Waals surface area contributed by atoms with E-state index < -0.39 is 0 Å². The summed E-state index contributed by atoms with van der Waals surface area (Å²) in [6.07, 6.45) is 8.00. The Morgan fingerprint density at radius 1 is 1.11 bits per heavy atom. The number of hydrogen-bond donors (Lipinski definition) is 2. The summed E-state index contributed by atoms with van der Waals surface area (Å²) in [5, 5.41) is 12.2. The number of nitrogens with zero attached hydrogens (tertiary/aromatic N) is 1. The monoisotopic (exact) mass is 370 g/mol. The number of carbonyl (C=O) groups is 1. The van der Waals surface area contributed by atoms with Crippen LogP contribution in [0.15, 0.2) is 60.7 Å². The summed E-state index contributed by atoms with van der Waals surface area (Å²) in [7, 11) is 0. The van der Waals surface area contributed by atoms with Gasteiger partial charge < -0.3 is 15.7 Å². The summed E-state index contributed by atoms with van der Waals surface area (Å²) < 4.78 is 0. The fraction of sp³-hybridized carbons (Fsp3) is 0.125. The number of rotatable bonds is 3. The maximum absolute atomic E-state index is 12.8. The number of phenolic OH excluding ortho intramolecular Hbond substituents is 1. The van der Waals surface area contributed by atoms with Crippen molar-refractivity contribution in [2.45, 2.75) is 13.3 Å². The SMILES string of the molecule is C/C=C/c1ccc(/C=C/C(=O)N2CCc3c2cc(O)c2ccccc32)c(N)c1. The summed E-state index contributed by atoms with van der Waals surface area (Å²) in [5.74, 6) is 0.0761. The number of nitrogen functional groups attached to an aromatic ring is 1. The number of aromatic hydroxyl groups is 1. The molecule has 1 heterocycles.